The summed E-state index contributed by atoms with van der Waals surface area (Å²) in [7, 11) is 0. The van der Waals surface area contributed by atoms with Crippen LogP contribution >= 0.6 is 11.6 Å². The molecule has 1 aromatic carbocycles. The average molecular weight is 420 g/mol. The molecule has 1 aromatic heterocycles. The molecule has 6 nitrogen and oxygen atoms in total. The van der Waals surface area contributed by atoms with Crippen LogP contribution in [0.3, 0.4) is 0 Å². The van der Waals surface area contributed by atoms with Crippen LogP contribution in [0.2, 0.25) is 5.02 Å². The van der Waals surface area contributed by atoms with Gasteiger partial charge in [-0.1, -0.05) is 23.7 Å². The summed E-state index contributed by atoms with van der Waals surface area (Å²) in [5.41, 5.74) is 2.77. The lowest BCUT2D eigenvalue weighted by atomic mass is 9.83. The Morgan fingerprint density at radius 2 is 2.00 bits per heavy atom. The van der Waals surface area contributed by atoms with Gasteiger partial charge < -0.3 is 0 Å². The fraction of sp³-hybridized carbons (Fsp3) is 0.500. The summed E-state index contributed by atoms with van der Waals surface area (Å²) in [6.45, 7) is 5.97. The third-order valence-corrected chi connectivity index (χ3v) is 6.39. The van der Waals surface area contributed by atoms with Gasteiger partial charge in [0.2, 0.25) is 0 Å². The molecule has 0 spiro atoms. The second-order valence-electron chi connectivity index (χ2n) is 8.27. The number of hydrogen-bond donors (Lipinski definition) is 3. The minimum Gasteiger partial charge on any atom is -0.280 e. The summed E-state index contributed by atoms with van der Waals surface area (Å²) in [6, 6.07) is 9.91. The third-order valence-electron chi connectivity index (χ3n) is 4.81. The van der Waals surface area contributed by atoms with Crippen LogP contribution in [-0.4, -0.2) is 26.0 Å². The first kappa shape index (κ1) is 21.0. The molecule has 0 bridgehead atoms. The molecular weight excluding hydrogens is 394 g/mol. The van der Waals surface area contributed by atoms with Gasteiger partial charge in [-0.15, -0.1) is 0 Å². The topological polar surface area (TPSA) is 93.6 Å². The van der Waals surface area contributed by atoms with Crippen LogP contribution in [0.4, 0.5) is 0 Å². The predicted octanol–water partition coefficient (Wildman–Crippen LogP) is 4.18. The monoisotopic (exact) mass is 419 g/mol. The van der Waals surface area contributed by atoms with Crippen molar-refractivity contribution >= 4 is 22.8 Å². The number of benzene rings is 1. The van der Waals surface area contributed by atoms with E-state index >= 15 is 0 Å². The Balaban J connectivity index is 1.67. The van der Waals surface area contributed by atoms with E-state index in [4.69, 9.17) is 11.6 Å². The van der Waals surface area contributed by atoms with E-state index in [0.29, 0.717) is 16.3 Å². The van der Waals surface area contributed by atoms with Crippen LogP contribution in [0.1, 0.15) is 63.6 Å². The summed E-state index contributed by atoms with van der Waals surface area (Å²) in [6.07, 6.45) is 3.63. The first-order valence-corrected chi connectivity index (χ1v) is 11.0. The molecule has 28 heavy (non-hydrogen) atoms. The van der Waals surface area contributed by atoms with Gasteiger partial charge in [-0.05, 0) is 58.6 Å². The molecule has 0 radical (unpaired) electrons. The Hall–Kier alpha value is -1.72. The Morgan fingerprint density at radius 3 is 2.61 bits per heavy atom. The fourth-order valence-electron chi connectivity index (χ4n) is 3.57. The van der Waals surface area contributed by atoms with Crippen LogP contribution < -0.4 is 9.44 Å². The normalized spacial score (nSPS) is 21.2. The second-order valence-corrected chi connectivity index (χ2v) is 9.68. The van der Waals surface area contributed by atoms with Gasteiger partial charge in [-0.3, -0.25) is 5.10 Å². The molecular formula is C20H26ClN5OS. The zero-order valence-corrected chi connectivity index (χ0v) is 18.0. The summed E-state index contributed by atoms with van der Waals surface area (Å²) in [5, 5.41) is 17.8. The molecule has 1 aliphatic carbocycles. The number of nitriles is 1. The number of halogens is 1. The summed E-state index contributed by atoms with van der Waals surface area (Å²) in [4.78, 5) is 0. The molecule has 1 aliphatic rings. The Morgan fingerprint density at radius 1 is 1.29 bits per heavy atom. The van der Waals surface area contributed by atoms with Crippen molar-refractivity contribution in [3.05, 3.63) is 40.5 Å². The van der Waals surface area contributed by atoms with E-state index in [9.17, 15) is 9.47 Å². The highest BCUT2D eigenvalue weighted by atomic mass is 35.5. The van der Waals surface area contributed by atoms with E-state index in [1.54, 1.807) is 6.07 Å². The van der Waals surface area contributed by atoms with E-state index in [0.717, 1.165) is 36.9 Å². The van der Waals surface area contributed by atoms with Gasteiger partial charge in [0, 0.05) is 28.1 Å². The van der Waals surface area contributed by atoms with E-state index in [1.807, 2.05) is 39.0 Å². The Kier molecular flexibility index (Phi) is 6.56. The zero-order valence-electron chi connectivity index (χ0n) is 16.4. The minimum atomic E-state index is -1.26. The van der Waals surface area contributed by atoms with E-state index in [1.165, 1.54) is 0 Å². The van der Waals surface area contributed by atoms with E-state index in [-0.39, 0.29) is 17.5 Å². The highest BCUT2D eigenvalue weighted by Gasteiger charge is 2.28. The molecule has 3 N–H and O–H groups in total. The van der Waals surface area contributed by atoms with E-state index in [2.05, 4.69) is 25.7 Å². The Bertz CT molecular complexity index is 891. The SMILES string of the molecule is CC(C)(C)NS(=O)NC1CCC(c2[nH]nc(-c3cccc(Cl)c3)c2C#N)CC1. The quantitative estimate of drug-likeness (QED) is 0.678. The van der Waals surface area contributed by atoms with E-state index < -0.39 is 11.2 Å². The van der Waals surface area contributed by atoms with Crippen LogP contribution in [0.5, 0.6) is 0 Å². The molecule has 3 rings (SSSR count). The lowest BCUT2D eigenvalue weighted by Crippen LogP contribution is -2.46. The van der Waals surface area contributed by atoms with Gasteiger partial charge in [0.1, 0.15) is 17.3 Å². The molecule has 150 valence electrons. The first-order chi connectivity index (χ1) is 13.3. The van der Waals surface area contributed by atoms with Crippen LogP contribution in [0, 0.1) is 11.3 Å². The molecule has 1 saturated carbocycles. The van der Waals surface area contributed by atoms with Crippen LogP contribution in [0.25, 0.3) is 11.3 Å². The summed E-state index contributed by atoms with van der Waals surface area (Å²) in [5.74, 6) is 0.247. The number of H-pyrrole nitrogens is 1. The number of aromatic amines is 1. The van der Waals surface area contributed by atoms with Crippen molar-refractivity contribution in [1.29, 1.82) is 5.26 Å². The van der Waals surface area contributed by atoms with Gasteiger partial charge in [0.05, 0.1) is 5.69 Å². The smallest absolute Gasteiger partial charge is 0.167 e. The molecule has 0 saturated heterocycles. The summed E-state index contributed by atoms with van der Waals surface area (Å²) < 4.78 is 18.4. The van der Waals surface area contributed by atoms with Crippen molar-refractivity contribution in [2.75, 3.05) is 0 Å². The molecule has 1 fully saturated rings. The predicted molar refractivity (Wildman–Crippen MR) is 113 cm³/mol. The number of hydrogen-bond acceptors (Lipinski definition) is 3. The number of nitrogens with zero attached hydrogens (tertiary/aromatic N) is 2. The molecule has 0 amide bonds. The highest BCUT2D eigenvalue weighted by molar-refractivity contribution is 7.81. The van der Waals surface area contributed by atoms with Gasteiger partial charge in [-0.2, -0.15) is 10.4 Å². The number of rotatable bonds is 5. The van der Waals surface area contributed by atoms with Crippen molar-refractivity contribution in [1.82, 2.24) is 19.6 Å². The highest BCUT2D eigenvalue weighted by Crippen LogP contribution is 2.36. The molecule has 2 aromatic rings. The van der Waals surface area contributed by atoms with Crippen molar-refractivity contribution < 1.29 is 4.21 Å². The second kappa shape index (κ2) is 8.75. The summed E-state index contributed by atoms with van der Waals surface area (Å²) >= 11 is 4.83. The maximum absolute atomic E-state index is 12.2. The number of aromatic nitrogens is 2. The lowest BCUT2D eigenvalue weighted by molar-refractivity contribution is 0.371. The molecule has 1 atom stereocenters. The van der Waals surface area contributed by atoms with Crippen LogP contribution in [0.15, 0.2) is 24.3 Å². The van der Waals surface area contributed by atoms with Crippen molar-refractivity contribution in [3.63, 3.8) is 0 Å². The maximum atomic E-state index is 12.2. The maximum Gasteiger partial charge on any atom is 0.167 e. The van der Waals surface area contributed by atoms with Crippen LogP contribution in [-0.2, 0) is 11.2 Å². The zero-order chi connectivity index (χ0) is 20.3. The molecule has 0 aliphatic heterocycles. The number of nitrogens with one attached hydrogen (secondary N) is 3. The lowest BCUT2D eigenvalue weighted by Gasteiger charge is -2.29. The average Bonchev–Trinajstić information content (AvgIpc) is 3.04. The van der Waals surface area contributed by atoms with Crippen molar-refractivity contribution in [2.24, 2.45) is 0 Å². The van der Waals surface area contributed by atoms with Crippen molar-refractivity contribution in [2.45, 2.75) is 64.0 Å². The molecule has 8 heteroatoms. The van der Waals surface area contributed by atoms with Gasteiger partial charge in [0.25, 0.3) is 0 Å². The van der Waals surface area contributed by atoms with Crippen molar-refractivity contribution in [3.8, 4) is 17.3 Å². The fourth-order valence-corrected chi connectivity index (χ4v) is 4.91. The first-order valence-electron chi connectivity index (χ1n) is 9.47. The minimum absolute atomic E-state index is 0.202. The Labute approximate surface area is 173 Å². The van der Waals surface area contributed by atoms with Gasteiger partial charge in [-0.25, -0.2) is 13.7 Å². The largest absolute Gasteiger partial charge is 0.280 e. The molecule has 1 unspecified atom stereocenters. The molecule has 1 heterocycles. The van der Waals surface area contributed by atoms with Gasteiger partial charge in [0.15, 0.2) is 11.2 Å². The standard InChI is InChI=1S/C20H26ClN5OS/c1-20(2,3)26-28(27)25-16-9-7-13(8-10-16)18-17(12-22)19(24-23-18)14-5-4-6-15(21)11-14/h4-6,11,13,16,25-26H,7-10H2,1-3H3,(H,23,24). The van der Waals surface area contributed by atoms with Gasteiger partial charge >= 0.3 is 0 Å². The third kappa shape index (κ3) is 5.21.